The van der Waals surface area contributed by atoms with Crippen LogP contribution in [0.5, 0.6) is 11.5 Å². The van der Waals surface area contributed by atoms with E-state index >= 15 is 4.79 Å². The lowest BCUT2D eigenvalue weighted by Crippen LogP contribution is -2.51. The van der Waals surface area contributed by atoms with Crippen LogP contribution in [0.2, 0.25) is 5.02 Å². The highest BCUT2D eigenvalue weighted by atomic mass is 35.5. The summed E-state index contributed by atoms with van der Waals surface area (Å²) in [5.74, 6) is -1.51. The van der Waals surface area contributed by atoms with E-state index in [1.807, 2.05) is 65.6 Å². The second-order valence-electron chi connectivity index (χ2n) is 10.8. The number of hydrogen-bond acceptors (Lipinski definition) is 6. The van der Waals surface area contributed by atoms with E-state index in [0.29, 0.717) is 22.7 Å². The molecule has 0 aromatic heterocycles. The van der Waals surface area contributed by atoms with Gasteiger partial charge in [0, 0.05) is 16.9 Å². The molecule has 7 nitrogen and oxygen atoms in total. The van der Waals surface area contributed by atoms with Crippen LogP contribution in [0.4, 0.5) is 11.4 Å². The average Bonchev–Trinajstić information content (AvgIpc) is 3.52. The number of para-hydroxylation sites is 2. The molecule has 4 unspecified atom stereocenters. The first kappa shape index (κ1) is 27.0. The molecular formula is C35H27ClN2O5. The van der Waals surface area contributed by atoms with Crippen molar-refractivity contribution in [1.29, 1.82) is 0 Å². The van der Waals surface area contributed by atoms with E-state index in [0.717, 1.165) is 11.3 Å². The Kier molecular flexibility index (Phi) is 6.36. The van der Waals surface area contributed by atoms with Gasteiger partial charge in [0.15, 0.2) is 11.6 Å². The molecule has 1 fully saturated rings. The molecule has 0 aliphatic carbocycles. The molecule has 214 valence electrons. The highest BCUT2D eigenvalue weighted by Crippen LogP contribution is 2.58. The fraction of sp³-hybridized carbons (Fsp3) is 0.171. The van der Waals surface area contributed by atoms with Crippen molar-refractivity contribution in [3.63, 3.8) is 0 Å². The second kappa shape index (κ2) is 10.1. The lowest BCUT2D eigenvalue weighted by atomic mass is 9.64. The molecule has 8 heteroatoms. The number of hydrogen-bond donors (Lipinski definition) is 1. The minimum atomic E-state index is -1.45. The first-order chi connectivity index (χ1) is 20.9. The van der Waals surface area contributed by atoms with Gasteiger partial charge in [-0.25, -0.2) is 0 Å². The Morgan fingerprint density at radius 2 is 1.60 bits per heavy atom. The number of ketones is 2. The second-order valence-corrected chi connectivity index (χ2v) is 11.2. The van der Waals surface area contributed by atoms with Gasteiger partial charge in [-0.2, -0.15) is 0 Å². The zero-order valence-electron chi connectivity index (χ0n) is 23.4. The summed E-state index contributed by atoms with van der Waals surface area (Å²) in [6, 6.07) is 25.1. The number of rotatable bonds is 6. The molecule has 4 aromatic carbocycles. The number of Topliss-reactive ketones (excluding diaryl/α,β-unsaturated/α-hetero) is 2. The molecule has 4 atom stereocenters. The van der Waals surface area contributed by atoms with Crippen LogP contribution in [-0.4, -0.2) is 43.8 Å². The van der Waals surface area contributed by atoms with Gasteiger partial charge in [-0.1, -0.05) is 72.3 Å². The number of benzene rings is 4. The zero-order chi connectivity index (χ0) is 29.9. The minimum absolute atomic E-state index is 0.220. The normalized spacial score (nSPS) is 22.9. The lowest BCUT2D eigenvalue weighted by molar-refractivity contribution is -0.121. The molecule has 1 amide bonds. The summed E-state index contributed by atoms with van der Waals surface area (Å²) in [5.41, 5.74) is 1.95. The molecule has 43 heavy (non-hydrogen) atoms. The van der Waals surface area contributed by atoms with Crippen LogP contribution in [-0.2, 0) is 10.2 Å². The largest absolute Gasteiger partial charge is 0.497 e. The van der Waals surface area contributed by atoms with Gasteiger partial charge >= 0.3 is 0 Å². The fourth-order valence-corrected chi connectivity index (χ4v) is 7.34. The monoisotopic (exact) mass is 590 g/mol. The first-order valence-corrected chi connectivity index (χ1v) is 14.3. The Labute approximate surface area is 253 Å². The number of anilines is 2. The summed E-state index contributed by atoms with van der Waals surface area (Å²) in [7, 11) is 2.99. The van der Waals surface area contributed by atoms with Crippen molar-refractivity contribution in [1.82, 2.24) is 0 Å². The van der Waals surface area contributed by atoms with Crippen molar-refractivity contribution in [3.8, 4) is 11.5 Å². The molecule has 3 aliphatic rings. The molecule has 4 aromatic rings. The molecule has 1 spiro atoms. The molecule has 7 rings (SSSR count). The predicted octanol–water partition coefficient (Wildman–Crippen LogP) is 6.21. The number of ether oxygens (including phenoxy) is 2. The van der Waals surface area contributed by atoms with E-state index < -0.39 is 29.2 Å². The molecular weight excluding hydrogens is 564 g/mol. The Morgan fingerprint density at radius 1 is 0.860 bits per heavy atom. The van der Waals surface area contributed by atoms with Crippen molar-refractivity contribution < 1.29 is 23.9 Å². The van der Waals surface area contributed by atoms with Crippen LogP contribution in [0, 0.1) is 5.92 Å². The van der Waals surface area contributed by atoms with Crippen LogP contribution in [0.25, 0.3) is 6.08 Å². The predicted molar refractivity (Wildman–Crippen MR) is 165 cm³/mol. The quantitative estimate of drug-likeness (QED) is 0.269. The maximum Gasteiger partial charge on any atom is 0.238 e. The standard InChI is InChI=1S/C35H27ClN2O5/c1-42-21-16-17-28(43-2)23(19-21)32(39)30-31(33(40)22-10-4-6-12-25(22)36)38-27-14-8-3-9-20(27)15-18-29(38)35(30)24-11-5-7-13-26(24)37-34(35)41/h3-19,29-31H,1-2H3,(H,37,41). The van der Waals surface area contributed by atoms with Gasteiger partial charge in [0.25, 0.3) is 0 Å². The van der Waals surface area contributed by atoms with E-state index in [1.165, 1.54) is 14.2 Å². The average molecular weight is 591 g/mol. The smallest absolute Gasteiger partial charge is 0.238 e. The number of nitrogens with one attached hydrogen (secondary N) is 1. The third-order valence-corrected chi connectivity index (χ3v) is 9.23. The number of methoxy groups -OCH3 is 2. The summed E-state index contributed by atoms with van der Waals surface area (Å²) < 4.78 is 11.1. The van der Waals surface area contributed by atoms with Crippen LogP contribution in [0.1, 0.15) is 31.8 Å². The SMILES string of the molecule is COc1ccc(OC)c(C(=O)C2C(C(=O)c3ccccc3Cl)N3c4ccccc4C=CC3C23C(=O)Nc2ccccc23)c1. The van der Waals surface area contributed by atoms with Crippen LogP contribution < -0.4 is 19.7 Å². The number of fused-ring (bicyclic) bond motifs is 6. The zero-order valence-corrected chi connectivity index (χ0v) is 24.2. The highest BCUT2D eigenvalue weighted by molar-refractivity contribution is 6.34. The van der Waals surface area contributed by atoms with Crippen molar-refractivity contribution in [2.24, 2.45) is 5.92 Å². The summed E-state index contributed by atoms with van der Waals surface area (Å²) in [4.78, 5) is 46.4. The highest BCUT2D eigenvalue weighted by Gasteiger charge is 2.70. The summed E-state index contributed by atoms with van der Waals surface area (Å²) in [6.45, 7) is 0. The fourth-order valence-electron chi connectivity index (χ4n) is 7.11. The lowest BCUT2D eigenvalue weighted by Gasteiger charge is -2.37. The van der Waals surface area contributed by atoms with Crippen LogP contribution in [0.15, 0.2) is 97.1 Å². The van der Waals surface area contributed by atoms with Gasteiger partial charge in [-0.05, 0) is 53.6 Å². The van der Waals surface area contributed by atoms with Gasteiger partial charge in [-0.3, -0.25) is 14.4 Å². The summed E-state index contributed by atoms with van der Waals surface area (Å²) in [6.07, 6.45) is 3.90. The van der Waals surface area contributed by atoms with E-state index in [1.54, 1.807) is 42.5 Å². The van der Waals surface area contributed by atoms with Crippen molar-refractivity contribution in [2.45, 2.75) is 17.5 Å². The number of carbonyl (C=O) groups excluding carboxylic acids is 3. The summed E-state index contributed by atoms with van der Waals surface area (Å²) in [5, 5.41) is 3.31. The number of nitrogens with zero attached hydrogens (tertiary/aromatic N) is 1. The molecule has 0 radical (unpaired) electrons. The van der Waals surface area contributed by atoms with Gasteiger partial charge in [-0.15, -0.1) is 0 Å². The van der Waals surface area contributed by atoms with Crippen LogP contribution >= 0.6 is 11.6 Å². The van der Waals surface area contributed by atoms with E-state index in [9.17, 15) is 9.59 Å². The Hall–Kier alpha value is -4.88. The first-order valence-electron chi connectivity index (χ1n) is 13.9. The van der Waals surface area contributed by atoms with E-state index in [-0.39, 0.29) is 27.8 Å². The van der Waals surface area contributed by atoms with Gasteiger partial charge in [0.1, 0.15) is 23.0 Å². The molecule has 1 saturated heterocycles. The Balaban J connectivity index is 1.56. The molecule has 3 aliphatic heterocycles. The molecule has 0 bridgehead atoms. The third-order valence-electron chi connectivity index (χ3n) is 8.90. The topological polar surface area (TPSA) is 84.9 Å². The van der Waals surface area contributed by atoms with Crippen molar-refractivity contribution in [3.05, 3.63) is 124 Å². The maximum absolute atomic E-state index is 15.1. The van der Waals surface area contributed by atoms with E-state index in [2.05, 4.69) is 5.32 Å². The third kappa shape index (κ3) is 3.78. The Bertz CT molecular complexity index is 1850. The van der Waals surface area contributed by atoms with Gasteiger partial charge in [0.05, 0.1) is 36.8 Å². The number of carbonyl (C=O) groups is 3. The summed E-state index contributed by atoms with van der Waals surface area (Å²) >= 11 is 6.61. The van der Waals surface area contributed by atoms with Gasteiger partial charge < -0.3 is 19.7 Å². The maximum atomic E-state index is 15.1. The number of halogens is 1. The molecule has 1 N–H and O–H groups in total. The van der Waals surface area contributed by atoms with Crippen molar-refractivity contribution >= 4 is 46.5 Å². The van der Waals surface area contributed by atoms with Gasteiger partial charge in [0.2, 0.25) is 5.91 Å². The molecule has 0 saturated carbocycles. The van der Waals surface area contributed by atoms with E-state index in [4.69, 9.17) is 21.1 Å². The van der Waals surface area contributed by atoms with Crippen LogP contribution in [0.3, 0.4) is 0 Å². The minimum Gasteiger partial charge on any atom is -0.497 e. The molecule has 3 heterocycles. The number of amides is 1. The van der Waals surface area contributed by atoms with Crippen molar-refractivity contribution in [2.75, 3.05) is 24.4 Å². The Morgan fingerprint density at radius 3 is 2.40 bits per heavy atom.